The number of nitrogens with one attached hydrogen (secondary N) is 1. The van der Waals surface area contributed by atoms with Crippen molar-refractivity contribution in [2.75, 3.05) is 32.7 Å². The molecule has 176 valence electrons. The molecule has 4 aromatic rings. The van der Waals surface area contributed by atoms with Crippen molar-refractivity contribution in [2.45, 2.75) is 25.9 Å². The summed E-state index contributed by atoms with van der Waals surface area (Å²) in [5, 5.41) is 0. The minimum atomic E-state index is -0.203. The van der Waals surface area contributed by atoms with Crippen molar-refractivity contribution >= 4 is 11.0 Å². The molecule has 1 aliphatic heterocycles. The first-order valence-electron chi connectivity index (χ1n) is 12.1. The molecule has 0 radical (unpaired) electrons. The first-order chi connectivity index (χ1) is 16.7. The fourth-order valence-electron chi connectivity index (χ4n) is 4.92. The lowest BCUT2D eigenvalue weighted by Gasteiger charge is -2.35. The largest absolute Gasteiger partial charge is 0.326 e. The van der Waals surface area contributed by atoms with Gasteiger partial charge in [-0.3, -0.25) is 9.47 Å². The number of aromatic nitrogens is 2. The van der Waals surface area contributed by atoms with E-state index in [0.717, 1.165) is 75.3 Å². The fourth-order valence-corrected chi connectivity index (χ4v) is 4.92. The third kappa shape index (κ3) is 5.13. The molecule has 0 spiro atoms. The Morgan fingerprint density at radius 2 is 1.44 bits per heavy atom. The van der Waals surface area contributed by atoms with E-state index in [-0.39, 0.29) is 11.5 Å². The van der Waals surface area contributed by atoms with Crippen molar-refractivity contribution in [1.82, 2.24) is 19.4 Å². The van der Waals surface area contributed by atoms with E-state index >= 15 is 0 Å². The molecular weight excluding hydrogens is 427 g/mol. The molecule has 1 N–H and O–H groups in total. The summed E-state index contributed by atoms with van der Waals surface area (Å²) in [4.78, 5) is 20.2. The summed E-state index contributed by atoms with van der Waals surface area (Å²) in [6.07, 6.45) is 2.08. The molecule has 0 bridgehead atoms. The average Bonchev–Trinajstić information content (AvgIpc) is 3.18. The first-order valence-corrected chi connectivity index (χ1v) is 12.1. The summed E-state index contributed by atoms with van der Waals surface area (Å²) >= 11 is 0. The summed E-state index contributed by atoms with van der Waals surface area (Å²) in [6, 6.07) is 23.1. The number of aryl methyl sites for hydroxylation is 1. The lowest BCUT2D eigenvalue weighted by molar-refractivity contribution is 0.125. The van der Waals surface area contributed by atoms with Gasteiger partial charge in [0.25, 0.3) is 0 Å². The van der Waals surface area contributed by atoms with Gasteiger partial charge in [-0.15, -0.1) is 0 Å². The Bertz CT molecular complexity index is 1290. The SMILES string of the molecule is O=c1[nH]c2ccccc2n1CCCCN1CCN(Cc2ccccc2-c2ccc(F)cc2)CC1. The Morgan fingerprint density at radius 3 is 2.26 bits per heavy atom. The number of unbranched alkanes of at least 4 members (excludes halogenated alkanes) is 1. The van der Waals surface area contributed by atoms with Gasteiger partial charge in [-0.2, -0.15) is 0 Å². The smallest absolute Gasteiger partial charge is 0.306 e. The van der Waals surface area contributed by atoms with Gasteiger partial charge in [0.2, 0.25) is 0 Å². The van der Waals surface area contributed by atoms with Gasteiger partial charge in [0.05, 0.1) is 11.0 Å². The van der Waals surface area contributed by atoms with Gasteiger partial charge < -0.3 is 9.88 Å². The second-order valence-corrected chi connectivity index (χ2v) is 9.09. The third-order valence-electron chi connectivity index (χ3n) is 6.82. The molecule has 0 aliphatic carbocycles. The summed E-state index contributed by atoms with van der Waals surface area (Å²) in [6.45, 7) is 6.93. The minimum Gasteiger partial charge on any atom is -0.306 e. The molecule has 6 heteroatoms. The number of nitrogens with zero attached hydrogens (tertiary/aromatic N) is 3. The molecule has 0 amide bonds. The Morgan fingerprint density at radius 1 is 0.765 bits per heavy atom. The number of hydrogen-bond donors (Lipinski definition) is 1. The lowest BCUT2D eigenvalue weighted by Crippen LogP contribution is -2.46. The topological polar surface area (TPSA) is 44.3 Å². The Balaban J connectivity index is 1.10. The van der Waals surface area contributed by atoms with E-state index in [0.29, 0.717) is 0 Å². The Labute approximate surface area is 199 Å². The first kappa shape index (κ1) is 22.6. The molecule has 1 saturated heterocycles. The van der Waals surface area contributed by atoms with Crippen molar-refractivity contribution in [3.05, 3.63) is 94.7 Å². The van der Waals surface area contributed by atoms with Gasteiger partial charge >= 0.3 is 5.69 Å². The predicted octanol–water partition coefficient (Wildman–Crippen LogP) is 4.73. The molecule has 5 rings (SSSR count). The normalized spacial score (nSPS) is 15.2. The van der Waals surface area contributed by atoms with Crippen LogP contribution in [0.25, 0.3) is 22.2 Å². The van der Waals surface area contributed by atoms with E-state index in [1.54, 1.807) is 0 Å². The van der Waals surface area contributed by atoms with Crippen LogP contribution in [0.15, 0.2) is 77.6 Å². The maximum atomic E-state index is 13.3. The van der Waals surface area contributed by atoms with Crippen LogP contribution in [-0.4, -0.2) is 52.1 Å². The second-order valence-electron chi connectivity index (χ2n) is 9.09. The molecule has 0 atom stereocenters. The molecule has 2 heterocycles. The van der Waals surface area contributed by atoms with Crippen molar-refractivity contribution in [2.24, 2.45) is 0 Å². The van der Waals surface area contributed by atoms with Gasteiger partial charge in [0, 0.05) is 39.3 Å². The molecule has 3 aromatic carbocycles. The number of fused-ring (bicyclic) bond motifs is 1. The molecule has 1 aliphatic rings. The number of aromatic amines is 1. The van der Waals surface area contributed by atoms with Crippen molar-refractivity contribution in [3.63, 3.8) is 0 Å². The zero-order chi connectivity index (χ0) is 23.3. The van der Waals surface area contributed by atoms with Gasteiger partial charge in [0.15, 0.2) is 0 Å². The van der Waals surface area contributed by atoms with Gasteiger partial charge in [0.1, 0.15) is 5.82 Å². The molecule has 34 heavy (non-hydrogen) atoms. The molecule has 5 nitrogen and oxygen atoms in total. The maximum absolute atomic E-state index is 13.3. The standard InChI is InChI=1S/C28H31FN4O/c29-24-13-11-22(12-14-24)25-8-2-1-7-23(25)21-32-19-17-31(18-20-32)15-5-6-16-33-27-10-4-3-9-26(27)30-28(33)34/h1-4,7-14H,5-6,15-21H2,(H,30,34). The highest BCUT2D eigenvalue weighted by atomic mass is 19.1. The van der Waals surface area contributed by atoms with Crippen LogP contribution in [0.5, 0.6) is 0 Å². The number of rotatable bonds is 8. The Kier molecular flexibility index (Phi) is 6.88. The van der Waals surface area contributed by atoms with Crippen LogP contribution in [-0.2, 0) is 13.1 Å². The quantitative estimate of drug-likeness (QED) is 0.388. The van der Waals surface area contributed by atoms with Crippen LogP contribution in [0, 0.1) is 5.82 Å². The number of benzene rings is 3. The van der Waals surface area contributed by atoms with Crippen LogP contribution in [0.4, 0.5) is 4.39 Å². The van der Waals surface area contributed by atoms with Crippen LogP contribution in [0.1, 0.15) is 18.4 Å². The number of H-pyrrole nitrogens is 1. The molecule has 1 aromatic heterocycles. The van der Waals surface area contributed by atoms with Crippen molar-refractivity contribution in [1.29, 1.82) is 0 Å². The molecular formula is C28H31FN4O. The van der Waals surface area contributed by atoms with Crippen LogP contribution in [0.2, 0.25) is 0 Å². The van der Waals surface area contributed by atoms with Gasteiger partial charge in [-0.25, -0.2) is 9.18 Å². The monoisotopic (exact) mass is 458 g/mol. The highest BCUT2D eigenvalue weighted by molar-refractivity contribution is 5.74. The van der Waals surface area contributed by atoms with E-state index in [2.05, 4.69) is 33.0 Å². The average molecular weight is 459 g/mol. The molecule has 0 saturated carbocycles. The second kappa shape index (κ2) is 10.4. The number of piperazine rings is 1. The summed E-state index contributed by atoms with van der Waals surface area (Å²) in [7, 11) is 0. The number of para-hydroxylation sites is 2. The van der Waals surface area contributed by atoms with Gasteiger partial charge in [-0.05, 0) is 60.3 Å². The number of hydrogen-bond acceptors (Lipinski definition) is 3. The Hall–Kier alpha value is -3.22. The van der Waals surface area contributed by atoms with E-state index in [4.69, 9.17) is 0 Å². The van der Waals surface area contributed by atoms with Crippen LogP contribution < -0.4 is 5.69 Å². The number of imidazole rings is 1. The predicted molar refractivity (Wildman–Crippen MR) is 135 cm³/mol. The minimum absolute atomic E-state index is 0.0178. The summed E-state index contributed by atoms with van der Waals surface area (Å²) in [5.74, 6) is -0.203. The van der Waals surface area contributed by atoms with E-state index in [9.17, 15) is 9.18 Å². The van der Waals surface area contributed by atoms with E-state index in [1.165, 1.54) is 23.3 Å². The van der Waals surface area contributed by atoms with Gasteiger partial charge in [-0.1, -0.05) is 48.5 Å². The third-order valence-corrected chi connectivity index (χ3v) is 6.82. The van der Waals surface area contributed by atoms with Crippen LogP contribution in [0.3, 0.4) is 0 Å². The summed E-state index contributed by atoms with van der Waals surface area (Å²) in [5.41, 5.74) is 5.40. The maximum Gasteiger partial charge on any atom is 0.326 e. The zero-order valence-corrected chi connectivity index (χ0v) is 19.4. The number of halogens is 1. The van der Waals surface area contributed by atoms with Crippen molar-refractivity contribution in [3.8, 4) is 11.1 Å². The fraction of sp³-hybridized carbons (Fsp3) is 0.321. The lowest BCUT2D eigenvalue weighted by atomic mass is 9.99. The molecule has 0 unspecified atom stereocenters. The van der Waals surface area contributed by atoms with Crippen LogP contribution >= 0.6 is 0 Å². The highest BCUT2D eigenvalue weighted by Gasteiger charge is 2.18. The van der Waals surface area contributed by atoms with E-state index < -0.39 is 0 Å². The van der Waals surface area contributed by atoms with E-state index in [1.807, 2.05) is 47.0 Å². The summed E-state index contributed by atoms with van der Waals surface area (Å²) < 4.78 is 15.2. The highest BCUT2D eigenvalue weighted by Crippen LogP contribution is 2.25. The van der Waals surface area contributed by atoms with Crippen molar-refractivity contribution < 1.29 is 4.39 Å². The zero-order valence-electron chi connectivity index (χ0n) is 19.4. The molecule has 1 fully saturated rings.